The number of aromatic amines is 1. The molecule has 192 valence electrons. The Morgan fingerprint density at radius 2 is 2.00 bits per heavy atom. The van der Waals surface area contributed by atoms with Crippen LogP contribution in [0.25, 0.3) is 10.9 Å². The number of carbonyl (C=O) groups is 2. The van der Waals surface area contributed by atoms with E-state index < -0.39 is 5.41 Å². The summed E-state index contributed by atoms with van der Waals surface area (Å²) in [5.41, 5.74) is 4.30. The lowest BCUT2D eigenvalue weighted by Crippen LogP contribution is -2.50. The van der Waals surface area contributed by atoms with E-state index in [4.69, 9.17) is 4.74 Å². The van der Waals surface area contributed by atoms with E-state index in [1.165, 1.54) is 5.56 Å². The summed E-state index contributed by atoms with van der Waals surface area (Å²) in [6, 6.07) is 6.26. The molecule has 0 saturated carbocycles. The number of benzene rings is 1. The van der Waals surface area contributed by atoms with Gasteiger partial charge < -0.3 is 19.9 Å². The number of carbonyl (C=O) groups excluding carboxylic acids is 2. The molecule has 1 saturated heterocycles. The molecule has 0 aliphatic carbocycles. The maximum absolute atomic E-state index is 13.6. The van der Waals surface area contributed by atoms with E-state index in [0.717, 1.165) is 54.4 Å². The zero-order valence-corrected chi connectivity index (χ0v) is 21.3. The van der Waals surface area contributed by atoms with Crippen molar-refractivity contribution < 1.29 is 14.3 Å². The van der Waals surface area contributed by atoms with Crippen LogP contribution >= 0.6 is 0 Å². The third kappa shape index (κ3) is 4.89. The fraction of sp³-hybridized carbons (Fsp3) is 0.556. The molecule has 9 nitrogen and oxygen atoms in total. The molecule has 2 bridgehead atoms. The molecule has 2 aliphatic heterocycles. The number of fused-ring (bicyclic) bond motifs is 3. The van der Waals surface area contributed by atoms with Crippen molar-refractivity contribution in [1.29, 1.82) is 0 Å². The zero-order valence-electron chi connectivity index (χ0n) is 21.3. The number of rotatable bonds is 2. The predicted molar refractivity (Wildman–Crippen MR) is 137 cm³/mol. The fourth-order valence-electron chi connectivity index (χ4n) is 5.65. The highest BCUT2D eigenvalue weighted by atomic mass is 16.5. The van der Waals surface area contributed by atoms with Crippen molar-refractivity contribution in [3.63, 3.8) is 0 Å². The number of aromatic nitrogens is 4. The molecule has 5 rings (SSSR count). The van der Waals surface area contributed by atoms with Crippen LogP contribution in [0.3, 0.4) is 0 Å². The Labute approximate surface area is 211 Å². The minimum absolute atomic E-state index is 0.0345. The number of hydrogen-bond donors (Lipinski definition) is 2. The van der Waals surface area contributed by atoms with Gasteiger partial charge in [-0.15, -0.1) is 5.10 Å². The molecule has 2 amide bonds. The van der Waals surface area contributed by atoms with Gasteiger partial charge in [-0.2, -0.15) is 0 Å². The van der Waals surface area contributed by atoms with Gasteiger partial charge in [0, 0.05) is 37.1 Å². The van der Waals surface area contributed by atoms with Crippen molar-refractivity contribution in [3.8, 4) is 0 Å². The van der Waals surface area contributed by atoms with E-state index in [-0.39, 0.29) is 11.8 Å². The molecule has 2 aromatic heterocycles. The standard InChI is InChI=1S/C27H36N6O3/c1-3-21-22-16-19(2)6-7-23(22)29-24(21)25(34)32-13-9-27(10-14-32)8-4-5-12-33-17-20(30-31-33)18-36-15-11-28-26(27)35/h6-7,16-17,29H,3-5,8-15,18H2,1-2H3,(H,28,35). The van der Waals surface area contributed by atoms with E-state index >= 15 is 0 Å². The van der Waals surface area contributed by atoms with Crippen LogP contribution < -0.4 is 5.32 Å². The molecule has 9 heteroatoms. The number of piperidine rings is 1. The number of nitrogens with zero attached hydrogens (tertiary/aromatic N) is 4. The van der Waals surface area contributed by atoms with Gasteiger partial charge in [-0.25, -0.2) is 0 Å². The summed E-state index contributed by atoms with van der Waals surface area (Å²) in [6.07, 6.45) is 6.71. The summed E-state index contributed by atoms with van der Waals surface area (Å²) in [6.45, 7) is 7.38. The summed E-state index contributed by atoms with van der Waals surface area (Å²) in [4.78, 5) is 32.2. The lowest BCUT2D eigenvalue weighted by Gasteiger charge is -2.41. The molecule has 3 aromatic rings. The molecular formula is C27H36N6O3. The van der Waals surface area contributed by atoms with Gasteiger partial charge in [0.2, 0.25) is 5.91 Å². The van der Waals surface area contributed by atoms with E-state index in [9.17, 15) is 9.59 Å². The Bertz CT molecular complexity index is 1240. The second-order valence-corrected chi connectivity index (χ2v) is 10.2. The highest BCUT2D eigenvalue weighted by Gasteiger charge is 2.42. The molecule has 36 heavy (non-hydrogen) atoms. The number of likely N-dealkylation sites (tertiary alicyclic amines) is 1. The van der Waals surface area contributed by atoms with Gasteiger partial charge in [0.25, 0.3) is 5.91 Å². The molecule has 1 fully saturated rings. The molecule has 0 unspecified atom stereocenters. The molecule has 1 aromatic carbocycles. The molecule has 2 aliphatic rings. The SMILES string of the molecule is CCc1c(C(=O)N2CCC3(CCCCn4cc(nn4)COCCNC3=O)CC2)[nH]c2ccc(C)cc12. The van der Waals surface area contributed by atoms with Gasteiger partial charge >= 0.3 is 0 Å². The smallest absolute Gasteiger partial charge is 0.270 e. The number of ether oxygens (including phenoxy) is 1. The third-order valence-corrected chi connectivity index (χ3v) is 7.78. The molecule has 0 radical (unpaired) electrons. The summed E-state index contributed by atoms with van der Waals surface area (Å²) in [5.74, 6) is 0.120. The number of H-pyrrole nitrogens is 1. The van der Waals surface area contributed by atoms with Crippen molar-refractivity contribution in [2.75, 3.05) is 26.2 Å². The minimum atomic E-state index is -0.459. The minimum Gasteiger partial charge on any atom is -0.373 e. The van der Waals surface area contributed by atoms with Gasteiger partial charge in [-0.05, 0) is 56.7 Å². The normalized spacial score (nSPS) is 19.3. The maximum atomic E-state index is 13.6. The van der Waals surface area contributed by atoms with Crippen LogP contribution in [0.5, 0.6) is 0 Å². The first-order chi connectivity index (χ1) is 17.5. The molecular weight excluding hydrogens is 456 g/mol. The first kappa shape index (κ1) is 24.5. The van der Waals surface area contributed by atoms with Crippen LogP contribution in [0.2, 0.25) is 0 Å². The van der Waals surface area contributed by atoms with Crippen molar-refractivity contribution >= 4 is 22.7 Å². The second-order valence-electron chi connectivity index (χ2n) is 10.2. The molecule has 1 spiro atoms. The average molecular weight is 493 g/mol. The second kappa shape index (κ2) is 10.4. The Hall–Kier alpha value is -3.20. The lowest BCUT2D eigenvalue weighted by molar-refractivity contribution is -0.134. The summed E-state index contributed by atoms with van der Waals surface area (Å²) >= 11 is 0. The topological polar surface area (TPSA) is 105 Å². The molecule has 4 heterocycles. The van der Waals surface area contributed by atoms with Crippen LogP contribution in [0.15, 0.2) is 24.4 Å². The first-order valence-corrected chi connectivity index (χ1v) is 13.1. The molecule has 2 N–H and O–H groups in total. The van der Waals surface area contributed by atoms with Gasteiger partial charge in [-0.1, -0.05) is 30.2 Å². The Morgan fingerprint density at radius 1 is 1.17 bits per heavy atom. The summed E-state index contributed by atoms with van der Waals surface area (Å²) in [5, 5.41) is 12.6. The Balaban J connectivity index is 1.29. The number of aryl methyl sites for hydroxylation is 3. The van der Waals surface area contributed by atoms with Crippen molar-refractivity contribution in [3.05, 3.63) is 46.9 Å². The van der Waals surface area contributed by atoms with Crippen LogP contribution in [-0.2, 0) is 29.1 Å². The predicted octanol–water partition coefficient (Wildman–Crippen LogP) is 3.37. The summed E-state index contributed by atoms with van der Waals surface area (Å²) in [7, 11) is 0. The fourth-order valence-corrected chi connectivity index (χ4v) is 5.65. The van der Waals surface area contributed by atoms with Crippen molar-refractivity contribution in [2.24, 2.45) is 5.41 Å². The summed E-state index contributed by atoms with van der Waals surface area (Å²) < 4.78 is 7.52. The van der Waals surface area contributed by atoms with E-state index in [1.807, 2.05) is 15.8 Å². The largest absolute Gasteiger partial charge is 0.373 e. The number of amides is 2. The monoisotopic (exact) mass is 492 g/mol. The van der Waals surface area contributed by atoms with Gasteiger partial charge in [-0.3, -0.25) is 14.3 Å². The maximum Gasteiger partial charge on any atom is 0.270 e. The van der Waals surface area contributed by atoms with Crippen molar-refractivity contribution in [2.45, 2.75) is 65.5 Å². The lowest BCUT2D eigenvalue weighted by atomic mass is 9.73. The molecule has 0 atom stereocenters. The van der Waals surface area contributed by atoms with Gasteiger partial charge in [0.1, 0.15) is 11.4 Å². The number of hydrogen-bond acceptors (Lipinski definition) is 5. The first-order valence-electron chi connectivity index (χ1n) is 13.1. The van der Waals surface area contributed by atoms with Crippen LogP contribution in [0, 0.1) is 12.3 Å². The van der Waals surface area contributed by atoms with Gasteiger partial charge in [0.05, 0.1) is 24.8 Å². The van der Waals surface area contributed by atoms with Crippen LogP contribution in [-0.4, -0.2) is 62.9 Å². The quantitative estimate of drug-likeness (QED) is 0.571. The number of nitrogens with one attached hydrogen (secondary N) is 2. The average Bonchev–Trinajstić information content (AvgIpc) is 3.49. The van der Waals surface area contributed by atoms with E-state index in [0.29, 0.717) is 51.4 Å². The highest BCUT2D eigenvalue weighted by molar-refractivity contribution is 6.01. The van der Waals surface area contributed by atoms with Gasteiger partial charge in [0.15, 0.2) is 0 Å². The van der Waals surface area contributed by atoms with E-state index in [1.54, 1.807) is 0 Å². The highest BCUT2D eigenvalue weighted by Crippen LogP contribution is 2.38. The van der Waals surface area contributed by atoms with E-state index in [2.05, 4.69) is 52.7 Å². The Kier molecular flexibility index (Phi) is 7.09. The Morgan fingerprint density at radius 3 is 2.81 bits per heavy atom. The van der Waals surface area contributed by atoms with Crippen LogP contribution in [0.4, 0.5) is 0 Å². The van der Waals surface area contributed by atoms with Crippen molar-refractivity contribution in [1.82, 2.24) is 30.2 Å². The third-order valence-electron chi connectivity index (χ3n) is 7.78. The zero-order chi connectivity index (χ0) is 25.1. The van der Waals surface area contributed by atoms with Crippen LogP contribution in [0.1, 0.15) is 66.3 Å².